The summed E-state index contributed by atoms with van der Waals surface area (Å²) in [6, 6.07) is 7.08. The van der Waals surface area contributed by atoms with Crippen LogP contribution in [0.5, 0.6) is 5.75 Å². The van der Waals surface area contributed by atoms with E-state index in [4.69, 9.17) is 4.74 Å². The maximum absolute atomic E-state index is 5.87. The van der Waals surface area contributed by atoms with E-state index in [1.54, 1.807) is 0 Å². The number of nitrogens with one attached hydrogen (secondary N) is 1. The summed E-state index contributed by atoms with van der Waals surface area (Å²) in [5.41, 5.74) is 2.48. The zero-order valence-corrected chi connectivity index (χ0v) is 12.5. The predicted molar refractivity (Wildman–Crippen MR) is 80.8 cm³/mol. The molecule has 0 heterocycles. The molecule has 0 unspecified atom stereocenters. The van der Waals surface area contributed by atoms with Gasteiger partial charge in [-0.05, 0) is 62.6 Å². The summed E-state index contributed by atoms with van der Waals surface area (Å²) in [5.74, 6) is 1.95. The van der Waals surface area contributed by atoms with Crippen LogP contribution in [0.2, 0.25) is 0 Å². The first-order chi connectivity index (χ1) is 9.15. The fraction of sp³-hybridized carbons (Fsp3) is 0.647. The fourth-order valence-corrected chi connectivity index (χ4v) is 2.75. The van der Waals surface area contributed by atoms with E-state index in [0.29, 0.717) is 6.04 Å². The van der Waals surface area contributed by atoms with E-state index in [-0.39, 0.29) is 0 Å². The van der Waals surface area contributed by atoms with Gasteiger partial charge in [-0.25, -0.2) is 0 Å². The number of hydrogen-bond acceptors (Lipinski definition) is 2. The molecule has 0 spiro atoms. The lowest BCUT2D eigenvalue weighted by Gasteiger charge is -2.27. The minimum absolute atomic E-state index is 0.707. The van der Waals surface area contributed by atoms with Gasteiger partial charge >= 0.3 is 0 Å². The summed E-state index contributed by atoms with van der Waals surface area (Å²) in [6.07, 6.45) is 5.39. The molecule has 0 bridgehead atoms. The van der Waals surface area contributed by atoms with Gasteiger partial charge in [0.05, 0.1) is 0 Å². The lowest BCUT2D eigenvalue weighted by atomic mass is 9.87. The Kier molecular flexibility index (Phi) is 5.26. The summed E-state index contributed by atoms with van der Waals surface area (Å²) in [7, 11) is 0. The van der Waals surface area contributed by atoms with E-state index in [2.05, 4.69) is 44.3 Å². The van der Waals surface area contributed by atoms with E-state index < -0.39 is 0 Å². The molecule has 1 fully saturated rings. The van der Waals surface area contributed by atoms with Gasteiger partial charge in [0.25, 0.3) is 0 Å². The molecule has 2 rings (SSSR count). The van der Waals surface area contributed by atoms with Crippen LogP contribution in [0, 0.1) is 19.8 Å². The van der Waals surface area contributed by atoms with Crippen LogP contribution in [0.1, 0.15) is 43.7 Å². The first-order valence-corrected chi connectivity index (χ1v) is 7.58. The molecule has 2 heteroatoms. The van der Waals surface area contributed by atoms with Crippen molar-refractivity contribution in [2.75, 3.05) is 13.2 Å². The Morgan fingerprint density at radius 2 is 1.89 bits per heavy atom. The molecule has 0 atom stereocenters. The standard InChI is InChI=1S/C17H27NO/c1-13-5-8-16(9-6-13)18-10-11-19-17-12-14(2)4-7-15(17)3/h4,7,12-13,16,18H,5-6,8-11H2,1-3H3. The molecular weight excluding hydrogens is 234 g/mol. The van der Waals surface area contributed by atoms with E-state index in [1.807, 2.05) is 0 Å². The van der Waals surface area contributed by atoms with Gasteiger partial charge in [0.2, 0.25) is 0 Å². The number of benzene rings is 1. The molecule has 0 amide bonds. The van der Waals surface area contributed by atoms with Crippen LogP contribution in [0.3, 0.4) is 0 Å². The third-order valence-corrected chi connectivity index (χ3v) is 4.15. The lowest BCUT2D eigenvalue weighted by Crippen LogP contribution is -2.35. The Morgan fingerprint density at radius 3 is 2.63 bits per heavy atom. The van der Waals surface area contributed by atoms with Gasteiger partial charge in [-0.3, -0.25) is 0 Å². The van der Waals surface area contributed by atoms with Gasteiger partial charge in [-0.15, -0.1) is 0 Å². The summed E-state index contributed by atoms with van der Waals surface area (Å²) in [5, 5.41) is 3.62. The molecule has 106 valence electrons. The van der Waals surface area contributed by atoms with Gasteiger partial charge in [-0.2, -0.15) is 0 Å². The Balaban J connectivity index is 1.68. The van der Waals surface area contributed by atoms with Crippen molar-refractivity contribution in [3.05, 3.63) is 29.3 Å². The van der Waals surface area contributed by atoms with Crippen LogP contribution in [-0.2, 0) is 0 Å². The van der Waals surface area contributed by atoms with E-state index in [1.165, 1.54) is 36.8 Å². The van der Waals surface area contributed by atoms with Crippen molar-refractivity contribution in [2.24, 2.45) is 5.92 Å². The van der Waals surface area contributed by atoms with Crippen LogP contribution in [-0.4, -0.2) is 19.2 Å². The maximum Gasteiger partial charge on any atom is 0.122 e. The van der Waals surface area contributed by atoms with Crippen LogP contribution in [0.4, 0.5) is 0 Å². The molecule has 1 N–H and O–H groups in total. The fourth-order valence-electron chi connectivity index (χ4n) is 2.75. The smallest absolute Gasteiger partial charge is 0.122 e. The Hall–Kier alpha value is -1.02. The van der Waals surface area contributed by atoms with Gasteiger partial charge in [0.1, 0.15) is 12.4 Å². The van der Waals surface area contributed by atoms with Crippen molar-refractivity contribution < 1.29 is 4.74 Å². The van der Waals surface area contributed by atoms with Crippen molar-refractivity contribution in [2.45, 2.75) is 52.5 Å². The first kappa shape index (κ1) is 14.4. The van der Waals surface area contributed by atoms with Gasteiger partial charge in [0, 0.05) is 12.6 Å². The average Bonchev–Trinajstić information content (AvgIpc) is 2.40. The van der Waals surface area contributed by atoms with E-state index in [9.17, 15) is 0 Å². The maximum atomic E-state index is 5.87. The van der Waals surface area contributed by atoms with Crippen molar-refractivity contribution >= 4 is 0 Å². The highest BCUT2D eigenvalue weighted by Gasteiger charge is 2.17. The number of rotatable bonds is 5. The average molecular weight is 261 g/mol. The number of hydrogen-bond donors (Lipinski definition) is 1. The van der Waals surface area contributed by atoms with Crippen LogP contribution in [0.15, 0.2) is 18.2 Å². The summed E-state index contributed by atoms with van der Waals surface area (Å²) in [6.45, 7) is 8.28. The molecule has 1 aromatic rings. The number of ether oxygens (including phenoxy) is 1. The highest BCUT2D eigenvalue weighted by Crippen LogP contribution is 2.23. The molecule has 0 aliphatic heterocycles. The highest BCUT2D eigenvalue weighted by atomic mass is 16.5. The Morgan fingerprint density at radius 1 is 1.16 bits per heavy atom. The quantitative estimate of drug-likeness (QED) is 0.813. The van der Waals surface area contributed by atoms with E-state index >= 15 is 0 Å². The van der Waals surface area contributed by atoms with Gasteiger partial charge in [0.15, 0.2) is 0 Å². The molecule has 1 aromatic carbocycles. The second kappa shape index (κ2) is 6.95. The lowest BCUT2D eigenvalue weighted by molar-refractivity contribution is 0.269. The highest BCUT2D eigenvalue weighted by molar-refractivity contribution is 5.35. The Bertz CT molecular complexity index is 394. The molecule has 0 radical (unpaired) electrons. The zero-order valence-electron chi connectivity index (χ0n) is 12.5. The second-order valence-electron chi connectivity index (χ2n) is 6.03. The first-order valence-electron chi connectivity index (χ1n) is 7.58. The minimum atomic E-state index is 0.707. The van der Waals surface area contributed by atoms with Crippen molar-refractivity contribution in [3.63, 3.8) is 0 Å². The van der Waals surface area contributed by atoms with Gasteiger partial charge in [-0.1, -0.05) is 19.1 Å². The topological polar surface area (TPSA) is 21.3 Å². The number of aryl methyl sites for hydroxylation is 2. The summed E-state index contributed by atoms with van der Waals surface area (Å²) in [4.78, 5) is 0. The minimum Gasteiger partial charge on any atom is -0.492 e. The molecule has 19 heavy (non-hydrogen) atoms. The van der Waals surface area contributed by atoms with Gasteiger partial charge < -0.3 is 10.1 Å². The zero-order chi connectivity index (χ0) is 13.7. The molecule has 1 saturated carbocycles. The molecule has 1 aliphatic rings. The molecule has 1 aliphatic carbocycles. The Labute approximate surface area is 117 Å². The van der Waals surface area contributed by atoms with Crippen molar-refractivity contribution in [3.8, 4) is 5.75 Å². The monoisotopic (exact) mass is 261 g/mol. The third-order valence-electron chi connectivity index (χ3n) is 4.15. The SMILES string of the molecule is Cc1ccc(C)c(OCCNC2CCC(C)CC2)c1. The van der Waals surface area contributed by atoms with Crippen molar-refractivity contribution in [1.29, 1.82) is 0 Å². The van der Waals surface area contributed by atoms with E-state index in [0.717, 1.165) is 24.8 Å². The van der Waals surface area contributed by atoms with Crippen molar-refractivity contribution in [1.82, 2.24) is 5.32 Å². The second-order valence-corrected chi connectivity index (χ2v) is 6.03. The molecular formula is C17H27NO. The third kappa shape index (κ3) is 4.54. The predicted octanol–water partition coefficient (Wildman–Crippen LogP) is 3.85. The van der Waals surface area contributed by atoms with Crippen LogP contribution < -0.4 is 10.1 Å². The molecule has 0 saturated heterocycles. The molecule has 2 nitrogen and oxygen atoms in total. The summed E-state index contributed by atoms with van der Waals surface area (Å²) >= 11 is 0. The normalized spacial score (nSPS) is 23.3. The van der Waals surface area contributed by atoms with Crippen LogP contribution >= 0.6 is 0 Å². The van der Waals surface area contributed by atoms with Crippen LogP contribution in [0.25, 0.3) is 0 Å². The largest absolute Gasteiger partial charge is 0.492 e. The summed E-state index contributed by atoms with van der Waals surface area (Å²) < 4.78 is 5.87. The molecule has 0 aromatic heterocycles.